The zero-order valence-electron chi connectivity index (χ0n) is 14.3. The Morgan fingerprint density at radius 3 is 2.71 bits per heavy atom. The first kappa shape index (κ1) is 18.7. The summed E-state index contributed by atoms with van der Waals surface area (Å²) in [5, 5.41) is 6.06. The standard InChI is InChI=1S/C18H26ClN3O2/c1-11(2)10-21-17(23)15-7-6-13(8-16(15)19)22-18(24)14-5-3-4-12(14)9-20/h6-8,11-12,14H,3-5,9-10,20H2,1-2H3,(H,21,23)(H,22,24)/t12-,14-/m1/s1. The summed E-state index contributed by atoms with van der Waals surface area (Å²) < 4.78 is 0. The maximum absolute atomic E-state index is 12.4. The van der Waals surface area contributed by atoms with E-state index in [1.165, 1.54) is 0 Å². The Labute approximate surface area is 148 Å². The topological polar surface area (TPSA) is 84.2 Å². The van der Waals surface area contributed by atoms with E-state index in [1.807, 2.05) is 13.8 Å². The minimum atomic E-state index is -0.203. The summed E-state index contributed by atoms with van der Waals surface area (Å²) in [5.74, 6) is 0.360. The van der Waals surface area contributed by atoms with Crippen LogP contribution in [0.1, 0.15) is 43.5 Å². The van der Waals surface area contributed by atoms with Gasteiger partial charge in [-0.3, -0.25) is 9.59 Å². The number of hydrogen-bond donors (Lipinski definition) is 3. The van der Waals surface area contributed by atoms with E-state index in [0.717, 1.165) is 19.3 Å². The van der Waals surface area contributed by atoms with E-state index in [4.69, 9.17) is 17.3 Å². The van der Waals surface area contributed by atoms with Crippen LogP contribution in [-0.4, -0.2) is 24.9 Å². The highest BCUT2D eigenvalue weighted by Gasteiger charge is 2.31. The molecule has 0 heterocycles. The summed E-state index contributed by atoms with van der Waals surface area (Å²) >= 11 is 6.21. The number of amides is 2. The van der Waals surface area contributed by atoms with Gasteiger partial charge < -0.3 is 16.4 Å². The molecule has 0 aliphatic heterocycles. The van der Waals surface area contributed by atoms with E-state index in [-0.39, 0.29) is 23.7 Å². The summed E-state index contributed by atoms with van der Waals surface area (Å²) in [4.78, 5) is 24.5. The molecule has 4 N–H and O–H groups in total. The van der Waals surface area contributed by atoms with E-state index in [2.05, 4.69) is 10.6 Å². The minimum absolute atomic E-state index is 0.0176. The number of carbonyl (C=O) groups excluding carboxylic acids is 2. The van der Waals surface area contributed by atoms with Crippen LogP contribution in [0.3, 0.4) is 0 Å². The fourth-order valence-corrected chi connectivity index (χ4v) is 3.33. The summed E-state index contributed by atoms with van der Waals surface area (Å²) in [7, 11) is 0. The molecule has 24 heavy (non-hydrogen) atoms. The normalized spacial score (nSPS) is 20.2. The molecule has 132 valence electrons. The van der Waals surface area contributed by atoms with Gasteiger partial charge in [0.25, 0.3) is 5.91 Å². The maximum Gasteiger partial charge on any atom is 0.252 e. The second-order valence-electron chi connectivity index (χ2n) is 6.82. The average molecular weight is 352 g/mol. The van der Waals surface area contributed by atoms with Crippen LogP contribution in [0.2, 0.25) is 5.02 Å². The summed E-state index contributed by atoms with van der Waals surface area (Å²) in [6, 6.07) is 4.97. The first-order chi connectivity index (χ1) is 11.4. The van der Waals surface area contributed by atoms with Crippen molar-refractivity contribution in [2.75, 3.05) is 18.4 Å². The van der Waals surface area contributed by atoms with Gasteiger partial charge in [0, 0.05) is 18.2 Å². The van der Waals surface area contributed by atoms with Crippen LogP contribution in [0.25, 0.3) is 0 Å². The van der Waals surface area contributed by atoms with Crippen LogP contribution in [0, 0.1) is 17.8 Å². The number of carbonyl (C=O) groups is 2. The Kier molecular flexibility index (Phi) is 6.63. The van der Waals surface area contributed by atoms with E-state index >= 15 is 0 Å². The average Bonchev–Trinajstić information content (AvgIpc) is 3.01. The molecule has 0 aromatic heterocycles. The zero-order valence-corrected chi connectivity index (χ0v) is 15.0. The quantitative estimate of drug-likeness (QED) is 0.736. The van der Waals surface area contributed by atoms with Crippen LogP contribution in [-0.2, 0) is 4.79 Å². The highest BCUT2D eigenvalue weighted by molar-refractivity contribution is 6.34. The molecule has 1 saturated carbocycles. The molecule has 0 radical (unpaired) electrons. The summed E-state index contributed by atoms with van der Waals surface area (Å²) in [6.07, 6.45) is 2.91. The second-order valence-corrected chi connectivity index (χ2v) is 7.23. The monoisotopic (exact) mass is 351 g/mol. The molecule has 1 aliphatic carbocycles. The van der Waals surface area contributed by atoms with Gasteiger partial charge in [-0.2, -0.15) is 0 Å². The SMILES string of the molecule is CC(C)CNC(=O)c1ccc(NC(=O)[C@@H]2CCC[C@@H]2CN)cc1Cl. The first-order valence-electron chi connectivity index (χ1n) is 8.51. The minimum Gasteiger partial charge on any atom is -0.352 e. The Hall–Kier alpha value is -1.59. The summed E-state index contributed by atoms with van der Waals surface area (Å²) in [5.41, 5.74) is 6.75. The van der Waals surface area contributed by atoms with Crippen molar-refractivity contribution >= 4 is 29.1 Å². The Morgan fingerprint density at radius 2 is 2.08 bits per heavy atom. The lowest BCUT2D eigenvalue weighted by molar-refractivity contribution is -0.120. The largest absolute Gasteiger partial charge is 0.352 e. The predicted octanol–water partition coefficient (Wildman–Crippen LogP) is 3.04. The third-order valence-electron chi connectivity index (χ3n) is 4.45. The second kappa shape index (κ2) is 8.49. The van der Waals surface area contributed by atoms with Crippen molar-refractivity contribution in [2.24, 2.45) is 23.5 Å². The number of anilines is 1. The van der Waals surface area contributed by atoms with Crippen molar-refractivity contribution in [2.45, 2.75) is 33.1 Å². The van der Waals surface area contributed by atoms with Gasteiger partial charge in [-0.25, -0.2) is 0 Å². The van der Waals surface area contributed by atoms with E-state index in [1.54, 1.807) is 18.2 Å². The number of nitrogens with two attached hydrogens (primary N) is 1. The van der Waals surface area contributed by atoms with E-state index in [9.17, 15) is 9.59 Å². The molecular weight excluding hydrogens is 326 g/mol. The van der Waals surface area contributed by atoms with Crippen LogP contribution in [0.4, 0.5) is 5.69 Å². The molecule has 1 aliphatic rings. The first-order valence-corrected chi connectivity index (χ1v) is 8.88. The van der Waals surface area contributed by atoms with Gasteiger partial charge >= 0.3 is 0 Å². The Bertz CT molecular complexity index is 604. The van der Waals surface area contributed by atoms with Crippen molar-refractivity contribution < 1.29 is 9.59 Å². The van der Waals surface area contributed by atoms with Gasteiger partial charge in [-0.05, 0) is 49.4 Å². The molecule has 2 atom stereocenters. The number of hydrogen-bond acceptors (Lipinski definition) is 3. The van der Waals surface area contributed by atoms with Gasteiger partial charge in [0.2, 0.25) is 5.91 Å². The fraction of sp³-hybridized carbons (Fsp3) is 0.556. The molecule has 0 unspecified atom stereocenters. The molecule has 2 rings (SSSR count). The molecule has 6 heteroatoms. The highest BCUT2D eigenvalue weighted by atomic mass is 35.5. The molecule has 0 spiro atoms. The Morgan fingerprint density at radius 1 is 1.33 bits per heavy atom. The van der Waals surface area contributed by atoms with Crippen LogP contribution < -0.4 is 16.4 Å². The molecular formula is C18H26ClN3O2. The third kappa shape index (κ3) is 4.71. The molecule has 0 saturated heterocycles. The van der Waals surface area contributed by atoms with Gasteiger partial charge in [-0.1, -0.05) is 31.9 Å². The maximum atomic E-state index is 12.4. The lowest BCUT2D eigenvalue weighted by atomic mass is 9.95. The van der Waals surface area contributed by atoms with Gasteiger partial charge in [0.1, 0.15) is 0 Å². The lowest BCUT2D eigenvalue weighted by Gasteiger charge is -2.17. The lowest BCUT2D eigenvalue weighted by Crippen LogP contribution is -2.30. The fourth-order valence-electron chi connectivity index (χ4n) is 3.07. The van der Waals surface area contributed by atoms with Crippen molar-refractivity contribution in [1.29, 1.82) is 0 Å². The van der Waals surface area contributed by atoms with Gasteiger partial charge in [0.15, 0.2) is 0 Å². The molecule has 0 bridgehead atoms. The van der Waals surface area contributed by atoms with Crippen molar-refractivity contribution in [3.63, 3.8) is 0 Å². The van der Waals surface area contributed by atoms with E-state index < -0.39 is 0 Å². The van der Waals surface area contributed by atoms with Crippen LogP contribution in [0.15, 0.2) is 18.2 Å². The number of benzene rings is 1. The molecule has 1 fully saturated rings. The van der Waals surface area contributed by atoms with Crippen molar-refractivity contribution in [3.8, 4) is 0 Å². The number of halogens is 1. The predicted molar refractivity (Wildman–Crippen MR) is 97.1 cm³/mol. The van der Waals surface area contributed by atoms with Crippen LogP contribution in [0.5, 0.6) is 0 Å². The van der Waals surface area contributed by atoms with Gasteiger partial charge in [0.05, 0.1) is 10.6 Å². The van der Waals surface area contributed by atoms with Crippen LogP contribution >= 0.6 is 11.6 Å². The summed E-state index contributed by atoms with van der Waals surface area (Å²) in [6.45, 7) is 5.18. The van der Waals surface area contributed by atoms with Crippen molar-refractivity contribution in [1.82, 2.24) is 5.32 Å². The smallest absolute Gasteiger partial charge is 0.252 e. The third-order valence-corrected chi connectivity index (χ3v) is 4.76. The van der Waals surface area contributed by atoms with Gasteiger partial charge in [-0.15, -0.1) is 0 Å². The zero-order chi connectivity index (χ0) is 17.7. The molecule has 1 aromatic rings. The number of nitrogens with one attached hydrogen (secondary N) is 2. The molecule has 2 amide bonds. The highest BCUT2D eigenvalue weighted by Crippen LogP contribution is 2.32. The Balaban J connectivity index is 2.01. The molecule has 5 nitrogen and oxygen atoms in total. The molecule has 1 aromatic carbocycles. The van der Waals surface area contributed by atoms with E-state index in [0.29, 0.717) is 35.3 Å². The van der Waals surface area contributed by atoms with Crippen molar-refractivity contribution in [3.05, 3.63) is 28.8 Å². The number of rotatable bonds is 6.